The summed E-state index contributed by atoms with van der Waals surface area (Å²) in [5.74, 6) is 0.648. The molecule has 0 saturated carbocycles. The van der Waals surface area contributed by atoms with Crippen molar-refractivity contribution in [1.82, 2.24) is 9.80 Å². The van der Waals surface area contributed by atoms with E-state index in [-0.39, 0.29) is 18.4 Å². The van der Waals surface area contributed by atoms with Crippen LogP contribution in [0.25, 0.3) is 0 Å². The van der Waals surface area contributed by atoms with Crippen molar-refractivity contribution < 1.29 is 19.3 Å². The predicted octanol–water partition coefficient (Wildman–Crippen LogP) is 2.15. The normalized spacial score (nSPS) is 21.8. The summed E-state index contributed by atoms with van der Waals surface area (Å²) in [6, 6.07) is 6.75. The van der Waals surface area contributed by atoms with E-state index in [0.717, 1.165) is 10.9 Å². The molecule has 1 amide bonds. The molecule has 0 bridgehead atoms. The summed E-state index contributed by atoms with van der Waals surface area (Å²) < 4.78 is 11.5. The van der Waals surface area contributed by atoms with E-state index in [2.05, 4.69) is 21.0 Å². The van der Waals surface area contributed by atoms with Gasteiger partial charge in [-0.2, -0.15) is 0 Å². The zero-order chi connectivity index (χ0) is 17.8. The fourth-order valence-corrected chi connectivity index (χ4v) is 3.09. The summed E-state index contributed by atoms with van der Waals surface area (Å²) in [6.45, 7) is 2.63. The number of benzene rings is 1. The minimum absolute atomic E-state index is 0.0130. The number of ether oxygens (including phenoxy) is 2. The van der Waals surface area contributed by atoms with E-state index < -0.39 is 11.1 Å². The van der Waals surface area contributed by atoms with Crippen molar-refractivity contribution in [3.05, 3.63) is 38.9 Å². The second-order valence-electron chi connectivity index (χ2n) is 5.79. The molecule has 2 fully saturated rings. The van der Waals surface area contributed by atoms with E-state index >= 15 is 0 Å². The largest absolute Gasteiger partial charge is 0.422 e. The number of hydrazone groups is 1. The van der Waals surface area contributed by atoms with Crippen LogP contribution in [-0.4, -0.2) is 59.7 Å². The van der Waals surface area contributed by atoms with E-state index in [9.17, 15) is 14.9 Å². The van der Waals surface area contributed by atoms with Gasteiger partial charge >= 0.3 is 6.09 Å². The van der Waals surface area contributed by atoms with Crippen LogP contribution in [0.2, 0.25) is 0 Å². The van der Waals surface area contributed by atoms with Crippen LogP contribution in [-0.2, 0) is 4.74 Å². The third-order valence-corrected chi connectivity index (χ3v) is 4.56. The second-order valence-corrected chi connectivity index (χ2v) is 6.70. The van der Waals surface area contributed by atoms with E-state index in [4.69, 9.17) is 9.47 Å². The van der Waals surface area contributed by atoms with Crippen LogP contribution < -0.4 is 4.74 Å². The molecule has 0 spiro atoms. The van der Waals surface area contributed by atoms with Crippen LogP contribution in [0.3, 0.4) is 0 Å². The SMILES string of the molecule is O=C(Oc1ccc(Br)cc1)N1CCN(CC2CCOC2)C1=N[N+](=O)[O-]. The highest BCUT2D eigenvalue weighted by Crippen LogP contribution is 2.21. The monoisotopic (exact) mass is 412 g/mol. The molecule has 2 heterocycles. The zero-order valence-electron chi connectivity index (χ0n) is 13.3. The van der Waals surface area contributed by atoms with Gasteiger partial charge in [-0.25, -0.2) is 19.8 Å². The lowest BCUT2D eigenvalue weighted by Crippen LogP contribution is -2.41. The van der Waals surface area contributed by atoms with Crippen molar-refractivity contribution in [3.63, 3.8) is 0 Å². The van der Waals surface area contributed by atoms with E-state index in [1.54, 1.807) is 29.2 Å². The Hall–Kier alpha value is -2.20. The van der Waals surface area contributed by atoms with Gasteiger partial charge in [-0.1, -0.05) is 15.9 Å². The Kier molecular flexibility index (Phi) is 5.49. The van der Waals surface area contributed by atoms with Gasteiger partial charge < -0.3 is 14.4 Å². The smallest absolute Gasteiger partial charge is 0.410 e. The molecule has 2 aliphatic heterocycles. The van der Waals surface area contributed by atoms with Crippen LogP contribution in [0.4, 0.5) is 4.79 Å². The van der Waals surface area contributed by atoms with Crippen LogP contribution in [0.15, 0.2) is 33.8 Å². The maximum Gasteiger partial charge on any atom is 0.422 e. The molecule has 1 unspecified atom stereocenters. The van der Waals surface area contributed by atoms with E-state index in [0.29, 0.717) is 32.1 Å². The first-order chi connectivity index (χ1) is 12.0. The highest BCUT2D eigenvalue weighted by molar-refractivity contribution is 9.10. The number of hydrogen-bond donors (Lipinski definition) is 0. The molecular weight excluding hydrogens is 396 g/mol. The number of guanidine groups is 1. The average molecular weight is 413 g/mol. The van der Waals surface area contributed by atoms with Crippen molar-refractivity contribution in [2.75, 3.05) is 32.8 Å². The number of rotatable bonds is 4. The molecule has 2 saturated heterocycles. The topological polar surface area (TPSA) is 97.5 Å². The van der Waals surface area contributed by atoms with Gasteiger partial charge in [-0.3, -0.25) is 0 Å². The molecular formula is C15H17BrN4O5. The summed E-state index contributed by atoms with van der Waals surface area (Å²) in [5, 5.41) is 13.5. The average Bonchev–Trinajstić information content (AvgIpc) is 3.20. The minimum Gasteiger partial charge on any atom is -0.410 e. The predicted molar refractivity (Wildman–Crippen MR) is 91.8 cm³/mol. The number of hydrogen-bond acceptors (Lipinski definition) is 5. The number of nitro groups is 1. The van der Waals surface area contributed by atoms with Crippen LogP contribution in [0.1, 0.15) is 6.42 Å². The lowest BCUT2D eigenvalue weighted by Gasteiger charge is -2.21. The quantitative estimate of drug-likeness (QED) is 0.554. The van der Waals surface area contributed by atoms with Crippen LogP contribution in [0, 0.1) is 16.0 Å². The highest BCUT2D eigenvalue weighted by atomic mass is 79.9. The molecule has 0 aliphatic carbocycles. The summed E-state index contributed by atoms with van der Waals surface area (Å²) in [6.07, 6.45) is 0.207. The van der Waals surface area contributed by atoms with Crippen molar-refractivity contribution in [1.29, 1.82) is 0 Å². The summed E-state index contributed by atoms with van der Waals surface area (Å²) in [4.78, 5) is 26.2. The number of carbonyl (C=O) groups is 1. The molecule has 9 nitrogen and oxygen atoms in total. The standard InChI is InChI=1S/C15H17BrN4O5/c16-12-1-3-13(4-2-12)25-15(21)19-7-6-18(14(19)17-20(22)23)9-11-5-8-24-10-11/h1-4,11H,5-10H2. The molecule has 1 aromatic carbocycles. The number of nitrogens with zero attached hydrogens (tertiary/aromatic N) is 4. The molecule has 25 heavy (non-hydrogen) atoms. The summed E-state index contributed by atoms with van der Waals surface area (Å²) in [5.41, 5.74) is 0. The Morgan fingerprint density at radius 2 is 2.16 bits per heavy atom. The molecule has 3 rings (SSSR count). The minimum atomic E-state index is -0.793. The lowest BCUT2D eigenvalue weighted by molar-refractivity contribution is -0.486. The molecule has 2 aliphatic rings. The molecule has 0 radical (unpaired) electrons. The summed E-state index contributed by atoms with van der Waals surface area (Å²) in [7, 11) is 0. The van der Waals surface area contributed by atoms with Crippen molar-refractivity contribution in [2.24, 2.45) is 11.0 Å². The van der Waals surface area contributed by atoms with E-state index in [1.807, 2.05) is 0 Å². The lowest BCUT2D eigenvalue weighted by atomic mass is 10.1. The van der Waals surface area contributed by atoms with Gasteiger partial charge in [-0.15, -0.1) is 0 Å². The van der Waals surface area contributed by atoms with E-state index in [1.165, 1.54) is 4.90 Å². The molecule has 0 aromatic heterocycles. The van der Waals surface area contributed by atoms with Crippen molar-refractivity contribution in [2.45, 2.75) is 6.42 Å². The van der Waals surface area contributed by atoms with Gasteiger partial charge in [0.1, 0.15) is 10.9 Å². The Morgan fingerprint density at radius 3 is 2.80 bits per heavy atom. The molecule has 1 atom stereocenters. The maximum absolute atomic E-state index is 12.4. The first-order valence-corrected chi connectivity index (χ1v) is 8.63. The Bertz CT molecular complexity index is 675. The number of amides is 1. The molecule has 10 heteroatoms. The fourth-order valence-electron chi connectivity index (χ4n) is 2.83. The first-order valence-electron chi connectivity index (χ1n) is 7.83. The van der Waals surface area contributed by atoms with Gasteiger partial charge in [0.2, 0.25) is 0 Å². The molecule has 134 valence electrons. The van der Waals surface area contributed by atoms with Crippen molar-refractivity contribution in [3.8, 4) is 5.75 Å². The summed E-state index contributed by atoms with van der Waals surface area (Å²) >= 11 is 3.30. The second kappa shape index (κ2) is 7.79. The molecule has 1 aromatic rings. The molecule has 0 N–H and O–H groups in total. The first kappa shape index (κ1) is 17.6. The third-order valence-electron chi connectivity index (χ3n) is 4.03. The van der Waals surface area contributed by atoms with Gasteiger partial charge in [0.25, 0.3) is 5.96 Å². The van der Waals surface area contributed by atoms with Crippen molar-refractivity contribution >= 4 is 28.0 Å². The van der Waals surface area contributed by atoms with Crippen LogP contribution >= 0.6 is 15.9 Å². The fraction of sp³-hybridized carbons (Fsp3) is 0.467. The van der Waals surface area contributed by atoms with Gasteiger partial charge in [0.15, 0.2) is 5.03 Å². The Labute approximate surface area is 152 Å². The highest BCUT2D eigenvalue weighted by Gasteiger charge is 2.37. The van der Waals surface area contributed by atoms with Crippen LogP contribution in [0.5, 0.6) is 5.75 Å². The Balaban J connectivity index is 1.71. The zero-order valence-corrected chi connectivity index (χ0v) is 14.9. The maximum atomic E-state index is 12.4. The van der Waals surface area contributed by atoms with Gasteiger partial charge in [0.05, 0.1) is 13.2 Å². The Morgan fingerprint density at radius 1 is 1.40 bits per heavy atom. The number of halogens is 1. The van der Waals surface area contributed by atoms with Gasteiger partial charge in [-0.05, 0) is 30.7 Å². The number of carbonyl (C=O) groups excluding carboxylic acids is 1. The van der Waals surface area contributed by atoms with Gasteiger partial charge in [0, 0.05) is 30.1 Å². The third kappa shape index (κ3) is 4.45.